The lowest BCUT2D eigenvalue weighted by Crippen LogP contribution is -2.43. The van der Waals surface area contributed by atoms with E-state index in [-0.39, 0.29) is 23.3 Å². The zero-order chi connectivity index (χ0) is 15.8. The SMILES string of the molecule is CN(CC1CC(=O)N(C(C)(C)C)C1)C(=O)c1cnc(N)s1. The maximum absolute atomic E-state index is 12.2. The van der Waals surface area contributed by atoms with Crippen LogP contribution < -0.4 is 5.73 Å². The Labute approximate surface area is 128 Å². The fourth-order valence-corrected chi connectivity index (χ4v) is 3.28. The van der Waals surface area contributed by atoms with Crippen LogP contribution in [0, 0.1) is 5.92 Å². The molecule has 0 radical (unpaired) electrons. The second-order valence-electron chi connectivity index (χ2n) is 6.49. The second kappa shape index (κ2) is 5.63. The lowest BCUT2D eigenvalue weighted by Gasteiger charge is -2.32. The molecule has 21 heavy (non-hydrogen) atoms. The molecule has 0 spiro atoms. The van der Waals surface area contributed by atoms with Gasteiger partial charge in [-0.2, -0.15) is 0 Å². The minimum Gasteiger partial charge on any atom is -0.375 e. The van der Waals surface area contributed by atoms with Crippen molar-refractivity contribution < 1.29 is 9.59 Å². The molecule has 7 heteroatoms. The number of amides is 2. The Hall–Kier alpha value is -1.63. The quantitative estimate of drug-likeness (QED) is 0.916. The van der Waals surface area contributed by atoms with Gasteiger partial charge in [-0.3, -0.25) is 9.59 Å². The summed E-state index contributed by atoms with van der Waals surface area (Å²) in [5, 5.41) is 0.390. The largest absolute Gasteiger partial charge is 0.375 e. The molecular weight excluding hydrogens is 288 g/mol. The van der Waals surface area contributed by atoms with Crippen LogP contribution in [0.25, 0.3) is 0 Å². The number of nitrogens with two attached hydrogens (primary N) is 1. The third-order valence-corrected chi connectivity index (χ3v) is 4.44. The minimum absolute atomic E-state index is 0.0918. The summed E-state index contributed by atoms with van der Waals surface area (Å²) in [6.07, 6.45) is 2.00. The summed E-state index contributed by atoms with van der Waals surface area (Å²) in [7, 11) is 1.75. The second-order valence-corrected chi connectivity index (χ2v) is 7.56. The highest BCUT2D eigenvalue weighted by Crippen LogP contribution is 2.26. The van der Waals surface area contributed by atoms with Crippen LogP contribution in [0.4, 0.5) is 5.13 Å². The Morgan fingerprint density at radius 1 is 1.57 bits per heavy atom. The molecule has 1 aliphatic rings. The molecule has 0 bridgehead atoms. The van der Waals surface area contributed by atoms with E-state index in [1.54, 1.807) is 11.9 Å². The maximum atomic E-state index is 12.2. The summed E-state index contributed by atoms with van der Waals surface area (Å²) >= 11 is 1.19. The van der Waals surface area contributed by atoms with E-state index in [9.17, 15) is 9.59 Å². The molecule has 1 saturated heterocycles. The van der Waals surface area contributed by atoms with Gasteiger partial charge in [0.05, 0.1) is 6.20 Å². The van der Waals surface area contributed by atoms with Gasteiger partial charge in [0.1, 0.15) is 4.88 Å². The average molecular weight is 310 g/mol. The van der Waals surface area contributed by atoms with Crippen LogP contribution in [-0.2, 0) is 4.79 Å². The number of hydrogen-bond acceptors (Lipinski definition) is 5. The average Bonchev–Trinajstić information content (AvgIpc) is 2.94. The molecule has 1 unspecified atom stereocenters. The highest BCUT2D eigenvalue weighted by molar-refractivity contribution is 7.17. The molecule has 2 rings (SSSR count). The maximum Gasteiger partial charge on any atom is 0.265 e. The van der Waals surface area contributed by atoms with Gasteiger partial charge >= 0.3 is 0 Å². The van der Waals surface area contributed by atoms with Crippen LogP contribution in [0.5, 0.6) is 0 Å². The van der Waals surface area contributed by atoms with E-state index < -0.39 is 0 Å². The van der Waals surface area contributed by atoms with Crippen LogP contribution in [-0.4, -0.2) is 52.3 Å². The van der Waals surface area contributed by atoms with Gasteiger partial charge in [-0.25, -0.2) is 4.98 Å². The molecule has 0 aromatic carbocycles. The van der Waals surface area contributed by atoms with E-state index in [0.717, 1.165) is 0 Å². The lowest BCUT2D eigenvalue weighted by atomic mass is 10.1. The number of rotatable bonds is 3. The first kappa shape index (κ1) is 15.8. The van der Waals surface area contributed by atoms with Crippen molar-refractivity contribution in [3.63, 3.8) is 0 Å². The molecule has 2 amide bonds. The van der Waals surface area contributed by atoms with E-state index in [1.807, 2.05) is 25.7 Å². The fourth-order valence-electron chi connectivity index (χ4n) is 2.60. The van der Waals surface area contributed by atoms with Crippen molar-refractivity contribution in [2.24, 2.45) is 5.92 Å². The monoisotopic (exact) mass is 310 g/mol. The van der Waals surface area contributed by atoms with Crippen LogP contribution in [0.3, 0.4) is 0 Å². The summed E-state index contributed by atoms with van der Waals surface area (Å²) in [4.78, 5) is 32.3. The van der Waals surface area contributed by atoms with E-state index in [4.69, 9.17) is 5.73 Å². The van der Waals surface area contributed by atoms with Crippen LogP contribution in [0.1, 0.15) is 36.9 Å². The molecular formula is C14H22N4O2S. The Bertz CT molecular complexity index is 549. The minimum atomic E-state index is -0.166. The first-order chi connectivity index (χ1) is 9.68. The molecule has 2 N–H and O–H groups in total. The van der Waals surface area contributed by atoms with Crippen molar-refractivity contribution >= 4 is 28.3 Å². The Balaban J connectivity index is 1.96. The number of anilines is 1. The Kier molecular flexibility index (Phi) is 4.22. The van der Waals surface area contributed by atoms with Crippen LogP contribution >= 0.6 is 11.3 Å². The van der Waals surface area contributed by atoms with Gasteiger partial charge in [0.15, 0.2) is 5.13 Å². The van der Waals surface area contributed by atoms with Crippen molar-refractivity contribution in [1.82, 2.24) is 14.8 Å². The molecule has 116 valence electrons. The van der Waals surface area contributed by atoms with Gasteiger partial charge in [0.25, 0.3) is 5.91 Å². The third-order valence-electron chi connectivity index (χ3n) is 3.63. The van der Waals surface area contributed by atoms with Crippen molar-refractivity contribution in [3.05, 3.63) is 11.1 Å². The Morgan fingerprint density at radius 2 is 2.24 bits per heavy atom. The molecule has 1 aromatic rings. The van der Waals surface area contributed by atoms with Crippen molar-refractivity contribution in [2.45, 2.75) is 32.7 Å². The zero-order valence-corrected chi connectivity index (χ0v) is 13.7. The topological polar surface area (TPSA) is 79.5 Å². The lowest BCUT2D eigenvalue weighted by molar-refractivity contribution is -0.131. The molecule has 1 atom stereocenters. The van der Waals surface area contributed by atoms with Gasteiger partial charge in [-0.1, -0.05) is 11.3 Å². The van der Waals surface area contributed by atoms with Crippen molar-refractivity contribution in [1.29, 1.82) is 0 Å². The van der Waals surface area contributed by atoms with E-state index in [1.165, 1.54) is 17.5 Å². The third kappa shape index (κ3) is 3.53. The van der Waals surface area contributed by atoms with Gasteiger partial charge in [-0.05, 0) is 20.8 Å². The zero-order valence-electron chi connectivity index (χ0n) is 12.9. The first-order valence-corrected chi connectivity index (χ1v) is 7.77. The molecule has 1 aromatic heterocycles. The van der Waals surface area contributed by atoms with Crippen LogP contribution in [0.15, 0.2) is 6.20 Å². The Morgan fingerprint density at radius 3 is 2.71 bits per heavy atom. The number of aromatic nitrogens is 1. The van der Waals surface area contributed by atoms with Gasteiger partial charge in [0, 0.05) is 38.0 Å². The normalized spacial score (nSPS) is 19.1. The molecule has 1 fully saturated rings. The summed E-state index contributed by atoms with van der Waals surface area (Å²) < 4.78 is 0. The molecule has 2 heterocycles. The summed E-state index contributed by atoms with van der Waals surface area (Å²) in [5.41, 5.74) is 5.38. The highest BCUT2D eigenvalue weighted by Gasteiger charge is 2.37. The number of hydrogen-bond donors (Lipinski definition) is 1. The molecule has 0 aliphatic carbocycles. The van der Waals surface area contributed by atoms with Gasteiger partial charge in [-0.15, -0.1) is 0 Å². The van der Waals surface area contributed by atoms with E-state index >= 15 is 0 Å². The van der Waals surface area contributed by atoms with Gasteiger partial charge in [0.2, 0.25) is 5.91 Å². The fraction of sp³-hybridized carbons (Fsp3) is 0.643. The van der Waals surface area contributed by atoms with Crippen molar-refractivity contribution in [3.8, 4) is 0 Å². The number of thiazole rings is 1. The number of likely N-dealkylation sites (tertiary alicyclic amines) is 1. The predicted molar refractivity (Wildman–Crippen MR) is 83.1 cm³/mol. The summed E-state index contributed by atoms with van der Waals surface area (Å²) in [6.45, 7) is 7.35. The molecule has 0 saturated carbocycles. The number of carbonyl (C=O) groups is 2. The smallest absolute Gasteiger partial charge is 0.265 e. The van der Waals surface area contributed by atoms with Gasteiger partial charge < -0.3 is 15.5 Å². The first-order valence-electron chi connectivity index (χ1n) is 6.95. The van der Waals surface area contributed by atoms with E-state index in [0.29, 0.717) is 29.5 Å². The standard InChI is InChI=1S/C14H22N4O2S/c1-14(2,3)18-8-9(5-11(18)19)7-17(4)12(20)10-6-16-13(15)21-10/h6,9H,5,7-8H2,1-4H3,(H2,15,16). The highest BCUT2D eigenvalue weighted by atomic mass is 32.1. The number of carbonyl (C=O) groups excluding carboxylic acids is 2. The van der Waals surface area contributed by atoms with E-state index in [2.05, 4.69) is 4.98 Å². The predicted octanol–water partition coefficient (Wildman–Crippen LogP) is 1.44. The summed E-state index contributed by atoms with van der Waals surface area (Å²) in [6, 6.07) is 0. The van der Waals surface area contributed by atoms with Crippen LogP contribution in [0.2, 0.25) is 0 Å². The number of nitrogens with zero attached hydrogens (tertiary/aromatic N) is 3. The van der Waals surface area contributed by atoms with Crippen molar-refractivity contribution in [2.75, 3.05) is 25.9 Å². The summed E-state index contributed by atoms with van der Waals surface area (Å²) in [5.74, 6) is 0.247. The molecule has 6 nitrogen and oxygen atoms in total. The number of nitrogen functional groups attached to an aromatic ring is 1. The molecule has 1 aliphatic heterocycles.